The van der Waals surface area contributed by atoms with Crippen LogP contribution in [0, 0.1) is 0 Å². The molecule has 1 aliphatic rings. The highest BCUT2D eigenvalue weighted by atomic mass is 32.2. The van der Waals surface area contributed by atoms with Crippen LogP contribution in [0.25, 0.3) is 0 Å². The third kappa shape index (κ3) is 6.18. The molecule has 1 amide bonds. The van der Waals surface area contributed by atoms with E-state index in [-0.39, 0.29) is 18.2 Å². The van der Waals surface area contributed by atoms with Crippen LogP contribution >= 0.6 is 0 Å². The number of hydrogen-bond donors (Lipinski definition) is 1. The molecule has 0 saturated carbocycles. The molecular weight excluding hydrogens is 418 g/mol. The summed E-state index contributed by atoms with van der Waals surface area (Å²) in [6, 6.07) is 10.1. The predicted molar refractivity (Wildman–Crippen MR) is 118 cm³/mol. The number of ether oxygens (including phenoxy) is 2. The van der Waals surface area contributed by atoms with E-state index in [4.69, 9.17) is 9.47 Å². The van der Waals surface area contributed by atoms with Crippen LogP contribution in [0.4, 0.5) is 0 Å². The summed E-state index contributed by atoms with van der Waals surface area (Å²) in [5, 5.41) is 2.85. The van der Waals surface area contributed by atoms with E-state index >= 15 is 0 Å². The monoisotopic (exact) mass is 447 g/mol. The van der Waals surface area contributed by atoms with Gasteiger partial charge in [0, 0.05) is 31.4 Å². The van der Waals surface area contributed by atoms with E-state index in [0.717, 1.165) is 18.4 Å². The van der Waals surface area contributed by atoms with Crippen molar-refractivity contribution >= 4 is 15.9 Å². The molecule has 1 aromatic carbocycles. The Kier molecular flexibility index (Phi) is 7.86. The minimum absolute atomic E-state index is 0.0649. The van der Waals surface area contributed by atoms with Crippen molar-refractivity contribution < 1.29 is 22.7 Å². The van der Waals surface area contributed by atoms with Crippen molar-refractivity contribution in [1.82, 2.24) is 14.6 Å². The molecule has 1 fully saturated rings. The Morgan fingerprint density at radius 1 is 1.23 bits per heavy atom. The summed E-state index contributed by atoms with van der Waals surface area (Å²) in [7, 11) is -1.83. The Balaban J connectivity index is 1.58. The molecule has 168 valence electrons. The number of methoxy groups -OCH3 is 1. The van der Waals surface area contributed by atoms with E-state index in [1.807, 2.05) is 25.1 Å². The molecule has 0 bridgehead atoms. The Hall–Kier alpha value is -2.65. The van der Waals surface area contributed by atoms with E-state index in [1.165, 1.54) is 4.31 Å². The number of hydrogen-bond acceptors (Lipinski definition) is 6. The lowest BCUT2D eigenvalue weighted by Gasteiger charge is -2.33. The van der Waals surface area contributed by atoms with Gasteiger partial charge < -0.3 is 14.8 Å². The molecule has 8 nitrogen and oxygen atoms in total. The smallest absolute Gasteiger partial charge is 0.238 e. The molecule has 1 atom stereocenters. The topological polar surface area (TPSA) is 97.8 Å². The first-order valence-corrected chi connectivity index (χ1v) is 12.1. The van der Waals surface area contributed by atoms with E-state index < -0.39 is 16.1 Å². The highest BCUT2D eigenvalue weighted by Gasteiger charge is 2.35. The molecule has 2 heterocycles. The van der Waals surface area contributed by atoms with Crippen LogP contribution in [0.5, 0.6) is 17.4 Å². The maximum absolute atomic E-state index is 12.7. The number of aromatic nitrogens is 1. The fourth-order valence-corrected chi connectivity index (χ4v) is 5.29. The number of benzene rings is 1. The average Bonchev–Trinajstić information content (AvgIpc) is 2.78. The molecular formula is C22H29N3O5S. The van der Waals surface area contributed by atoms with Crippen LogP contribution in [0.3, 0.4) is 0 Å². The number of piperidine rings is 1. The van der Waals surface area contributed by atoms with Gasteiger partial charge >= 0.3 is 0 Å². The van der Waals surface area contributed by atoms with Crippen LogP contribution in [-0.4, -0.2) is 49.1 Å². The van der Waals surface area contributed by atoms with Crippen LogP contribution in [-0.2, 0) is 21.4 Å². The average molecular weight is 448 g/mol. The van der Waals surface area contributed by atoms with Crippen molar-refractivity contribution in [2.24, 2.45) is 0 Å². The van der Waals surface area contributed by atoms with Crippen LogP contribution in [0.1, 0.15) is 38.2 Å². The second kappa shape index (κ2) is 10.6. The Bertz CT molecular complexity index is 979. The fourth-order valence-electron chi connectivity index (χ4n) is 3.54. The van der Waals surface area contributed by atoms with Gasteiger partial charge in [-0.15, -0.1) is 0 Å². The van der Waals surface area contributed by atoms with Gasteiger partial charge in [-0.2, -0.15) is 4.31 Å². The lowest BCUT2D eigenvalue weighted by molar-refractivity contribution is -0.125. The summed E-state index contributed by atoms with van der Waals surface area (Å²) in [5.41, 5.74) is 0.796. The standard InChI is InChI=1S/C22H29N3O5S/c1-3-13-31(27,28)25-12-5-4-9-20(25)22(26)24-16-17-10-11-21(23-15-17)30-19-8-6-7-18(14-19)29-2/h6-8,10-11,14-15,20H,3-5,9,12-13,16H2,1-2H3,(H,24,26). The maximum Gasteiger partial charge on any atom is 0.238 e. The molecule has 31 heavy (non-hydrogen) atoms. The highest BCUT2D eigenvalue weighted by molar-refractivity contribution is 7.89. The minimum atomic E-state index is -3.42. The molecule has 1 saturated heterocycles. The maximum atomic E-state index is 12.7. The number of amides is 1. The summed E-state index contributed by atoms with van der Waals surface area (Å²) < 4.78 is 37.3. The zero-order valence-corrected chi connectivity index (χ0v) is 18.7. The summed E-state index contributed by atoms with van der Waals surface area (Å²) in [6.07, 6.45) is 4.32. The first-order valence-electron chi connectivity index (χ1n) is 10.5. The van der Waals surface area contributed by atoms with E-state index in [0.29, 0.717) is 36.8 Å². The van der Waals surface area contributed by atoms with Crippen molar-refractivity contribution in [2.75, 3.05) is 19.4 Å². The summed E-state index contributed by atoms with van der Waals surface area (Å²) >= 11 is 0. The molecule has 3 rings (SSSR count). The van der Waals surface area contributed by atoms with Gasteiger partial charge in [0.05, 0.1) is 12.9 Å². The second-order valence-corrected chi connectivity index (χ2v) is 9.48. The number of nitrogens with zero attached hydrogens (tertiary/aromatic N) is 2. The molecule has 0 spiro atoms. The molecule has 1 N–H and O–H groups in total. The first kappa shape index (κ1) is 23.0. The molecule has 9 heteroatoms. The zero-order valence-electron chi connectivity index (χ0n) is 17.9. The molecule has 1 unspecified atom stereocenters. The Morgan fingerprint density at radius 3 is 2.74 bits per heavy atom. The first-order chi connectivity index (χ1) is 14.9. The lowest BCUT2D eigenvalue weighted by Crippen LogP contribution is -2.52. The molecule has 0 radical (unpaired) electrons. The van der Waals surface area contributed by atoms with Gasteiger partial charge in [0.15, 0.2) is 0 Å². The third-order valence-electron chi connectivity index (χ3n) is 5.10. The normalized spacial score (nSPS) is 17.2. The number of carbonyl (C=O) groups excluding carboxylic acids is 1. The van der Waals surface area contributed by atoms with Gasteiger partial charge in [0.1, 0.15) is 17.5 Å². The highest BCUT2D eigenvalue weighted by Crippen LogP contribution is 2.24. The molecule has 1 aromatic heterocycles. The third-order valence-corrected chi connectivity index (χ3v) is 7.18. The van der Waals surface area contributed by atoms with E-state index in [2.05, 4.69) is 10.3 Å². The van der Waals surface area contributed by atoms with Crippen molar-refractivity contribution in [3.05, 3.63) is 48.2 Å². The van der Waals surface area contributed by atoms with Crippen molar-refractivity contribution in [1.29, 1.82) is 0 Å². The van der Waals surface area contributed by atoms with Gasteiger partial charge in [-0.3, -0.25) is 4.79 Å². The van der Waals surface area contributed by atoms with E-state index in [1.54, 1.807) is 31.5 Å². The van der Waals surface area contributed by atoms with Crippen LogP contribution in [0.2, 0.25) is 0 Å². The fraction of sp³-hybridized carbons (Fsp3) is 0.455. The Labute approximate surface area is 183 Å². The largest absolute Gasteiger partial charge is 0.497 e. The molecule has 0 aliphatic carbocycles. The van der Waals surface area contributed by atoms with Crippen molar-refractivity contribution in [3.8, 4) is 17.4 Å². The second-order valence-electron chi connectivity index (χ2n) is 7.44. The quantitative estimate of drug-likeness (QED) is 0.634. The predicted octanol–water partition coefficient (Wildman–Crippen LogP) is 3.09. The number of nitrogens with one attached hydrogen (secondary N) is 1. The SMILES string of the molecule is CCCS(=O)(=O)N1CCCCC1C(=O)NCc1ccc(Oc2cccc(OC)c2)nc1. The van der Waals surface area contributed by atoms with Crippen LogP contribution in [0.15, 0.2) is 42.6 Å². The Morgan fingerprint density at radius 2 is 2.03 bits per heavy atom. The summed E-state index contributed by atoms with van der Waals surface area (Å²) in [6.45, 7) is 2.49. The van der Waals surface area contributed by atoms with Crippen molar-refractivity contribution in [3.63, 3.8) is 0 Å². The number of rotatable bonds is 9. The van der Waals surface area contributed by atoms with Crippen LogP contribution < -0.4 is 14.8 Å². The summed E-state index contributed by atoms with van der Waals surface area (Å²) in [4.78, 5) is 17.0. The number of pyridine rings is 1. The van der Waals surface area contributed by atoms with Gasteiger partial charge in [0.25, 0.3) is 0 Å². The zero-order chi connectivity index (χ0) is 22.3. The number of carbonyl (C=O) groups is 1. The van der Waals surface area contributed by atoms with E-state index in [9.17, 15) is 13.2 Å². The molecule has 1 aliphatic heterocycles. The lowest BCUT2D eigenvalue weighted by atomic mass is 10.0. The van der Waals surface area contributed by atoms with Gasteiger partial charge in [0.2, 0.25) is 21.8 Å². The summed E-state index contributed by atoms with van der Waals surface area (Å²) in [5.74, 6) is 1.52. The molecule has 2 aromatic rings. The van der Waals surface area contributed by atoms with Crippen molar-refractivity contribution in [2.45, 2.75) is 45.2 Å². The van der Waals surface area contributed by atoms with Gasteiger partial charge in [-0.25, -0.2) is 13.4 Å². The minimum Gasteiger partial charge on any atom is -0.497 e. The van der Waals surface area contributed by atoms with Gasteiger partial charge in [-0.1, -0.05) is 25.5 Å². The van der Waals surface area contributed by atoms with Gasteiger partial charge in [-0.05, 0) is 37.0 Å². The number of sulfonamides is 1.